The van der Waals surface area contributed by atoms with E-state index in [1.165, 1.54) is 6.33 Å². The van der Waals surface area contributed by atoms with Crippen molar-refractivity contribution in [3.63, 3.8) is 0 Å². The lowest BCUT2D eigenvalue weighted by Crippen LogP contribution is -2.01. The van der Waals surface area contributed by atoms with Crippen LogP contribution in [-0.2, 0) is 6.61 Å². The zero-order chi connectivity index (χ0) is 13.2. The number of rotatable bonds is 3. The number of para-hydroxylation sites is 1. The number of methoxy groups -OCH3 is 1. The van der Waals surface area contributed by atoms with E-state index in [0.717, 1.165) is 22.4 Å². The molecule has 0 atom stereocenters. The molecule has 0 aliphatic carbocycles. The Morgan fingerprint density at radius 3 is 2.68 bits per heavy atom. The number of aromatic nitrogens is 3. The molecule has 0 bridgehead atoms. The minimum absolute atomic E-state index is 0.0750. The van der Waals surface area contributed by atoms with Crippen molar-refractivity contribution in [3.8, 4) is 11.6 Å². The Bertz CT molecular complexity index is 707. The zero-order valence-electron chi connectivity index (χ0n) is 10.4. The molecule has 0 saturated heterocycles. The molecule has 1 N–H and O–H groups in total. The molecule has 0 amide bonds. The molecule has 2 aromatic heterocycles. The first kappa shape index (κ1) is 11.7. The molecule has 0 unspecified atom stereocenters. The van der Waals surface area contributed by atoms with Gasteiger partial charge in [0.15, 0.2) is 5.65 Å². The van der Waals surface area contributed by atoms with Gasteiger partial charge in [-0.2, -0.15) is 0 Å². The van der Waals surface area contributed by atoms with E-state index in [0.29, 0.717) is 5.88 Å². The molecule has 19 heavy (non-hydrogen) atoms. The van der Waals surface area contributed by atoms with Crippen LogP contribution in [-0.4, -0.2) is 26.8 Å². The van der Waals surface area contributed by atoms with Gasteiger partial charge in [0.05, 0.1) is 24.8 Å². The van der Waals surface area contributed by atoms with Crippen molar-refractivity contribution in [1.29, 1.82) is 0 Å². The molecule has 0 spiro atoms. The van der Waals surface area contributed by atoms with Crippen LogP contribution < -0.4 is 4.74 Å². The van der Waals surface area contributed by atoms with Gasteiger partial charge in [0.1, 0.15) is 6.33 Å². The number of hydrogen-bond donors (Lipinski definition) is 1. The normalized spacial score (nSPS) is 10.8. The van der Waals surface area contributed by atoms with E-state index in [-0.39, 0.29) is 6.61 Å². The monoisotopic (exact) mass is 255 g/mol. The lowest BCUT2D eigenvalue weighted by molar-refractivity contribution is 0.275. The number of aliphatic hydroxyl groups is 1. The molecule has 0 aliphatic heterocycles. The topological polar surface area (TPSA) is 60.2 Å². The second kappa shape index (κ2) is 4.70. The largest absolute Gasteiger partial charge is 0.480 e. The van der Waals surface area contributed by atoms with E-state index in [9.17, 15) is 5.11 Å². The average molecular weight is 255 g/mol. The van der Waals surface area contributed by atoms with Crippen LogP contribution in [0.2, 0.25) is 0 Å². The number of ether oxygens (including phenoxy) is 1. The quantitative estimate of drug-likeness (QED) is 0.776. The highest BCUT2D eigenvalue weighted by Crippen LogP contribution is 2.27. The van der Waals surface area contributed by atoms with Crippen LogP contribution in [0.5, 0.6) is 5.88 Å². The third-order valence-corrected chi connectivity index (χ3v) is 3.01. The highest BCUT2D eigenvalue weighted by molar-refractivity contribution is 5.84. The number of fused-ring (bicyclic) bond motifs is 1. The summed E-state index contributed by atoms with van der Waals surface area (Å²) in [5.74, 6) is 0.509. The Kier molecular flexibility index (Phi) is 2.89. The minimum Gasteiger partial charge on any atom is -0.480 e. The summed E-state index contributed by atoms with van der Waals surface area (Å²) in [5, 5.41) is 10.3. The molecule has 5 heteroatoms. The second-order valence-electron chi connectivity index (χ2n) is 4.08. The smallest absolute Gasteiger partial charge is 0.225 e. The molecule has 0 saturated carbocycles. The fraction of sp³-hybridized carbons (Fsp3) is 0.143. The van der Waals surface area contributed by atoms with E-state index < -0.39 is 0 Å². The van der Waals surface area contributed by atoms with Crippen LogP contribution in [0.15, 0.2) is 42.7 Å². The highest BCUT2D eigenvalue weighted by Gasteiger charge is 2.14. The van der Waals surface area contributed by atoms with Gasteiger partial charge in [-0.1, -0.05) is 18.2 Å². The Labute approximate surface area is 110 Å². The maximum Gasteiger partial charge on any atom is 0.225 e. The number of hydrogen-bond acceptors (Lipinski definition) is 4. The summed E-state index contributed by atoms with van der Waals surface area (Å²) in [6.07, 6.45) is 1.46. The van der Waals surface area contributed by atoms with Crippen LogP contribution in [0.1, 0.15) is 5.69 Å². The van der Waals surface area contributed by atoms with E-state index in [4.69, 9.17) is 4.74 Å². The van der Waals surface area contributed by atoms with Gasteiger partial charge < -0.3 is 9.84 Å². The van der Waals surface area contributed by atoms with Crippen LogP contribution in [0.4, 0.5) is 0 Å². The first-order chi connectivity index (χ1) is 9.35. The van der Waals surface area contributed by atoms with Crippen LogP contribution in [0.25, 0.3) is 16.7 Å². The summed E-state index contributed by atoms with van der Waals surface area (Å²) in [6.45, 7) is -0.0750. The number of benzene rings is 1. The Hall–Kier alpha value is -2.40. The van der Waals surface area contributed by atoms with Gasteiger partial charge >= 0.3 is 0 Å². The van der Waals surface area contributed by atoms with Crippen molar-refractivity contribution in [3.05, 3.63) is 48.4 Å². The Balaban J connectivity index is 2.34. The molecule has 2 heterocycles. The van der Waals surface area contributed by atoms with Crippen molar-refractivity contribution >= 4 is 11.0 Å². The molecule has 1 aromatic carbocycles. The van der Waals surface area contributed by atoms with Gasteiger partial charge in [-0.05, 0) is 18.2 Å². The number of aliphatic hydroxyl groups excluding tert-OH is 1. The third-order valence-electron chi connectivity index (χ3n) is 3.01. The lowest BCUT2D eigenvalue weighted by Gasteiger charge is -2.08. The molecule has 5 nitrogen and oxygen atoms in total. The fourth-order valence-electron chi connectivity index (χ4n) is 2.19. The molecule has 0 aliphatic rings. The Morgan fingerprint density at radius 2 is 2.00 bits per heavy atom. The second-order valence-corrected chi connectivity index (χ2v) is 4.08. The average Bonchev–Trinajstić information content (AvgIpc) is 2.86. The van der Waals surface area contributed by atoms with E-state index >= 15 is 0 Å². The van der Waals surface area contributed by atoms with Crippen molar-refractivity contribution < 1.29 is 9.84 Å². The third kappa shape index (κ3) is 1.84. The summed E-state index contributed by atoms with van der Waals surface area (Å²) in [5.41, 5.74) is 2.42. The lowest BCUT2D eigenvalue weighted by atomic mass is 10.3. The summed E-state index contributed by atoms with van der Waals surface area (Å²) in [7, 11) is 1.57. The van der Waals surface area contributed by atoms with Gasteiger partial charge in [0.25, 0.3) is 0 Å². The predicted molar refractivity (Wildman–Crippen MR) is 71.3 cm³/mol. The Morgan fingerprint density at radius 1 is 1.21 bits per heavy atom. The molecule has 0 radical (unpaired) electrons. The summed E-state index contributed by atoms with van der Waals surface area (Å²) in [6, 6.07) is 11.6. The molecular weight excluding hydrogens is 242 g/mol. The molecule has 3 aromatic rings. The maximum atomic E-state index is 9.53. The van der Waals surface area contributed by atoms with Gasteiger partial charge in [-0.15, -0.1) is 0 Å². The minimum atomic E-state index is -0.0750. The van der Waals surface area contributed by atoms with Gasteiger partial charge in [-0.3, -0.25) is 4.57 Å². The summed E-state index contributed by atoms with van der Waals surface area (Å²) < 4.78 is 7.13. The van der Waals surface area contributed by atoms with Crippen molar-refractivity contribution in [2.24, 2.45) is 0 Å². The summed E-state index contributed by atoms with van der Waals surface area (Å²) >= 11 is 0. The SMILES string of the molecule is COc1ncnc2c1cc(CO)n2-c1ccccc1. The first-order valence-electron chi connectivity index (χ1n) is 5.90. The van der Waals surface area contributed by atoms with Gasteiger partial charge in [-0.25, -0.2) is 9.97 Å². The maximum absolute atomic E-state index is 9.53. The van der Waals surface area contributed by atoms with Gasteiger partial charge in [0, 0.05) is 5.69 Å². The standard InChI is InChI=1S/C14H13N3O2/c1-19-14-12-7-11(8-18)17(13(12)15-9-16-14)10-5-3-2-4-6-10/h2-7,9,18H,8H2,1H3. The highest BCUT2D eigenvalue weighted by atomic mass is 16.5. The number of nitrogens with zero attached hydrogens (tertiary/aromatic N) is 3. The van der Waals surface area contributed by atoms with Crippen molar-refractivity contribution in [1.82, 2.24) is 14.5 Å². The predicted octanol–water partition coefficient (Wildman–Crippen LogP) is 1.92. The molecule has 96 valence electrons. The molecule has 0 fully saturated rings. The van der Waals surface area contributed by atoms with E-state index in [1.807, 2.05) is 41.0 Å². The van der Waals surface area contributed by atoms with Crippen molar-refractivity contribution in [2.45, 2.75) is 6.61 Å². The molecule has 3 rings (SSSR count). The van der Waals surface area contributed by atoms with Crippen LogP contribution >= 0.6 is 0 Å². The van der Waals surface area contributed by atoms with Crippen LogP contribution in [0, 0.1) is 0 Å². The zero-order valence-corrected chi connectivity index (χ0v) is 10.4. The summed E-state index contributed by atoms with van der Waals surface area (Å²) in [4.78, 5) is 8.37. The van der Waals surface area contributed by atoms with E-state index in [2.05, 4.69) is 9.97 Å². The fourth-order valence-corrected chi connectivity index (χ4v) is 2.19. The molecular formula is C14H13N3O2. The van der Waals surface area contributed by atoms with Gasteiger partial charge in [0.2, 0.25) is 5.88 Å². The van der Waals surface area contributed by atoms with Crippen LogP contribution in [0.3, 0.4) is 0 Å². The van der Waals surface area contributed by atoms with E-state index in [1.54, 1.807) is 7.11 Å². The van der Waals surface area contributed by atoms with Crippen molar-refractivity contribution in [2.75, 3.05) is 7.11 Å². The first-order valence-corrected chi connectivity index (χ1v) is 5.90.